The van der Waals surface area contributed by atoms with Crippen LogP contribution in [-0.2, 0) is 4.79 Å². The van der Waals surface area contributed by atoms with Gasteiger partial charge in [-0.15, -0.1) is 0 Å². The van der Waals surface area contributed by atoms with Gasteiger partial charge in [-0.2, -0.15) is 0 Å². The number of ketones is 1. The number of carbonyl (C=O) groups excluding carboxylic acids is 2. The van der Waals surface area contributed by atoms with Crippen LogP contribution in [0.15, 0.2) is 48.7 Å². The SMILES string of the molecule is COc1ccc2[nH]cc(C(=O)C(=O)N3CCN(c4cccc(Cl)c4)CC3)c2c1. The highest BCUT2D eigenvalue weighted by Gasteiger charge is 2.28. The Morgan fingerprint density at radius 3 is 2.57 bits per heavy atom. The number of piperazine rings is 1. The van der Waals surface area contributed by atoms with Crippen LogP contribution in [0.4, 0.5) is 5.69 Å². The molecule has 7 heteroatoms. The maximum absolute atomic E-state index is 12.8. The van der Waals surface area contributed by atoms with Crippen molar-refractivity contribution in [1.82, 2.24) is 9.88 Å². The fourth-order valence-electron chi connectivity index (χ4n) is 3.51. The van der Waals surface area contributed by atoms with Crippen LogP contribution in [0.25, 0.3) is 10.9 Å². The predicted octanol–water partition coefficient (Wildman–Crippen LogP) is 3.36. The monoisotopic (exact) mass is 397 g/mol. The number of carbonyl (C=O) groups is 2. The van der Waals surface area contributed by atoms with E-state index in [1.807, 2.05) is 36.4 Å². The van der Waals surface area contributed by atoms with Crippen molar-refractivity contribution in [2.24, 2.45) is 0 Å². The van der Waals surface area contributed by atoms with Crippen molar-refractivity contribution in [2.45, 2.75) is 0 Å². The van der Waals surface area contributed by atoms with Crippen LogP contribution in [-0.4, -0.2) is 54.9 Å². The van der Waals surface area contributed by atoms with E-state index in [4.69, 9.17) is 16.3 Å². The summed E-state index contributed by atoms with van der Waals surface area (Å²) in [6.07, 6.45) is 1.59. The number of aromatic nitrogens is 1. The van der Waals surface area contributed by atoms with Gasteiger partial charge in [-0.1, -0.05) is 17.7 Å². The van der Waals surface area contributed by atoms with Gasteiger partial charge in [0.2, 0.25) is 0 Å². The van der Waals surface area contributed by atoms with E-state index in [9.17, 15) is 9.59 Å². The molecule has 1 amide bonds. The van der Waals surface area contributed by atoms with E-state index in [-0.39, 0.29) is 0 Å². The zero-order chi connectivity index (χ0) is 19.7. The minimum absolute atomic E-state index is 0.371. The van der Waals surface area contributed by atoms with Gasteiger partial charge in [0, 0.05) is 54.0 Å². The molecule has 3 aromatic rings. The fraction of sp³-hybridized carbons (Fsp3) is 0.238. The summed E-state index contributed by atoms with van der Waals surface area (Å²) in [6.45, 7) is 2.29. The summed E-state index contributed by atoms with van der Waals surface area (Å²) in [5, 5.41) is 1.37. The van der Waals surface area contributed by atoms with Crippen LogP contribution in [0, 0.1) is 0 Å². The van der Waals surface area contributed by atoms with Crippen LogP contribution in [0.5, 0.6) is 5.75 Å². The van der Waals surface area contributed by atoms with Crippen LogP contribution in [0.3, 0.4) is 0 Å². The summed E-state index contributed by atoms with van der Waals surface area (Å²) in [7, 11) is 1.57. The maximum Gasteiger partial charge on any atom is 0.295 e. The fourth-order valence-corrected chi connectivity index (χ4v) is 3.70. The van der Waals surface area contributed by atoms with Crippen molar-refractivity contribution < 1.29 is 14.3 Å². The van der Waals surface area contributed by atoms with Gasteiger partial charge in [-0.05, 0) is 36.4 Å². The Kier molecular flexibility index (Phi) is 4.96. The molecule has 1 aliphatic heterocycles. The quantitative estimate of drug-likeness (QED) is 0.541. The maximum atomic E-state index is 12.8. The summed E-state index contributed by atoms with van der Waals surface area (Å²) in [4.78, 5) is 32.4. The lowest BCUT2D eigenvalue weighted by atomic mass is 10.1. The number of aromatic amines is 1. The molecular formula is C21H20ClN3O3. The van der Waals surface area contributed by atoms with Crippen LogP contribution >= 0.6 is 11.6 Å². The number of nitrogens with one attached hydrogen (secondary N) is 1. The molecular weight excluding hydrogens is 378 g/mol. The van der Waals surface area contributed by atoms with Gasteiger partial charge in [-0.25, -0.2) is 0 Å². The second kappa shape index (κ2) is 7.56. The number of fused-ring (bicyclic) bond motifs is 1. The molecule has 1 aromatic heterocycles. The Labute approximate surface area is 167 Å². The van der Waals surface area contributed by atoms with Crippen molar-refractivity contribution in [3.63, 3.8) is 0 Å². The molecule has 0 atom stereocenters. The van der Waals surface area contributed by atoms with Gasteiger partial charge in [0.05, 0.1) is 12.7 Å². The number of Topliss-reactive ketones (excluding diaryl/α,β-unsaturated/α-hetero) is 1. The predicted molar refractivity (Wildman–Crippen MR) is 109 cm³/mol. The molecule has 4 rings (SSSR count). The number of hydrogen-bond donors (Lipinski definition) is 1. The number of benzene rings is 2. The highest BCUT2D eigenvalue weighted by Crippen LogP contribution is 2.25. The van der Waals surface area contributed by atoms with E-state index in [2.05, 4.69) is 9.88 Å². The number of hydrogen-bond acceptors (Lipinski definition) is 4. The van der Waals surface area contributed by atoms with Gasteiger partial charge in [0.25, 0.3) is 11.7 Å². The highest BCUT2D eigenvalue weighted by atomic mass is 35.5. The standard InChI is InChI=1S/C21H20ClN3O3/c1-28-16-5-6-19-17(12-16)18(13-23-19)20(26)21(27)25-9-7-24(8-10-25)15-4-2-3-14(22)11-15/h2-6,11-13,23H,7-10H2,1H3. The smallest absolute Gasteiger partial charge is 0.295 e. The first-order valence-corrected chi connectivity index (χ1v) is 9.44. The average Bonchev–Trinajstić information content (AvgIpc) is 3.16. The van der Waals surface area contributed by atoms with Crippen molar-refractivity contribution in [3.8, 4) is 5.75 Å². The molecule has 0 bridgehead atoms. The van der Waals surface area contributed by atoms with Gasteiger partial charge in [0.1, 0.15) is 5.75 Å². The molecule has 1 fully saturated rings. The summed E-state index contributed by atoms with van der Waals surface area (Å²) in [5.74, 6) is -0.339. The third kappa shape index (κ3) is 3.43. The third-order valence-corrected chi connectivity index (χ3v) is 5.30. The molecule has 0 radical (unpaired) electrons. The summed E-state index contributed by atoms with van der Waals surface area (Å²) in [5.41, 5.74) is 2.19. The first-order valence-electron chi connectivity index (χ1n) is 9.06. The summed E-state index contributed by atoms with van der Waals surface area (Å²) < 4.78 is 5.23. The molecule has 144 valence electrons. The molecule has 0 unspecified atom stereocenters. The number of methoxy groups -OCH3 is 1. The Hall–Kier alpha value is -2.99. The molecule has 28 heavy (non-hydrogen) atoms. The lowest BCUT2D eigenvalue weighted by molar-refractivity contribution is -0.126. The average molecular weight is 398 g/mol. The Bertz CT molecular complexity index is 1040. The molecule has 1 saturated heterocycles. The lowest BCUT2D eigenvalue weighted by Gasteiger charge is -2.35. The number of anilines is 1. The number of rotatable bonds is 4. The van der Waals surface area contributed by atoms with Gasteiger partial charge >= 0.3 is 0 Å². The molecule has 1 aliphatic rings. The molecule has 0 saturated carbocycles. The van der Waals surface area contributed by atoms with E-state index in [1.54, 1.807) is 24.3 Å². The number of nitrogens with zero attached hydrogens (tertiary/aromatic N) is 2. The molecule has 2 aromatic carbocycles. The van der Waals surface area contributed by atoms with Gasteiger partial charge in [0.15, 0.2) is 0 Å². The summed E-state index contributed by atoms with van der Waals surface area (Å²) >= 11 is 6.06. The zero-order valence-corrected chi connectivity index (χ0v) is 16.2. The second-order valence-corrected chi connectivity index (χ2v) is 7.14. The van der Waals surface area contributed by atoms with Crippen LogP contribution in [0.1, 0.15) is 10.4 Å². The minimum atomic E-state index is -0.504. The molecule has 0 aliphatic carbocycles. The Morgan fingerprint density at radius 2 is 1.86 bits per heavy atom. The summed E-state index contributed by atoms with van der Waals surface area (Å²) in [6, 6.07) is 13.0. The number of ether oxygens (including phenoxy) is 1. The number of H-pyrrole nitrogens is 1. The van der Waals surface area contributed by atoms with Crippen LogP contribution < -0.4 is 9.64 Å². The third-order valence-electron chi connectivity index (χ3n) is 5.07. The minimum Gasteiger partial charge on any atom is -0.497 e. The van der Waals surface area contributed by atoms with E-state index >= 15 is 0 Å². The lowest BCUT2D eigenvalue weighted by Crippen LogP contribution is -2.50. The van der Waals surface area contributed by atoms with E-state index < -0.39 is 11.7 Å². The molecule has 2 heterocycles. The molecule has 0 spiro atoms. The first kappa shape index (κ1) is 18.4. The number of halogens is 1. The first-order chi connectivity index (χ1) is 13.6. The normalized spacial score (nSPS) is 14.4. The highest BCUT2D eigenvalue weighted by molar-refractivity contribution is 6.44. The molecule has 1 N–H and O–H groups in total. The Morgan fingerprint density at radius 1 is 1.07 bits per heavy atom. The largest absolute Gasteiger partial charge is 0.497 e. The van der Waals surface area contributed by atoms with Crippen molar-refractivity contribution in [3.05, 3.63) is 59.2 Å². The molecule has 6 nitrogen and oxygen atoms in total. The van der Waals surface area contributed by atoms with Gasteiger partial charge < -0.3 is 19.5 Å². The van der Waals surface area contributed by atoms with Crippen LogP contribution in [0.2, 0.25) is 5.02 Å². The number of amides is 1. The second-order valence-electron chi connectivity index (χ2n) is 6.70. The van der Waals surface area contributed by atoms with E-state index in [1.165, 1.54) is 0 Å². The Balaban J connectivity index is 1.47. The van der Waals surface area contributed by atoms with Crippen molar-refractivity contribution >= 4 is 39.9 Å². The van der Waals surface area contributed by atoms with Crippen molar-refractivity contribution in [1.29, 1.82) is 0 Å². The van der Waals surface area contributed by atoms with E-state index in [0.717, 1.165) is 11.2 Å². The topological polar surface area (TPSA) is 65.6 Å². The van der Waals surface area contributed by atoms with Gasteiger partial charge in [-0.3, -0.25) is 9.59 Å². The van der Waals surface area contributed by atoms with Crippen molar-refractivity contribution in [2.75, 3.05) is 38.2 Å². The van der Waals surface area contributed by atoms with E-state index in [0.29, 0.717) is 47.9 Å². The zero-order valence-electron chi connectivity index (χ0n) is 15.4.